The summed E-state index contributed by atoms with van der Waals surface area (Å²) in [7, 11) is 0. The first-order valence-corrected chi connectivity index (χ1v) is 8.14. The smallest absolute Gasteiger partial charge is 0.408 e. The molecule has 0 heterocycles. The number of rotatable bonds is 9. The Kier molecular flexibility index (Phi) is 7.88. The monoisotopic (exact) mass is 336 g/mol. The second-order valence-electron chi connectivity index (χ2n) is 6.80. The Bertz CT molecular complexity index is 514. The molecular weight excluding hydrogens is 308 g/mol. The van der Waals surface area contributed by atoms with Crippen LogP contribution < -0.4 is 0 Å². The molecule has 6 nitrogen and oxygen atoms in total. The van der Waals surface area contributed by atoms with Crippen molar-refractivity contribution < 1.29 is 19.8 Å². The van der Waals surface area contributed by atoms with Gasteiger partial charge in [-0.05, 0) is 32.8 Å². The van der Waals surface area contributed by atoms with Crippen LogP contribution in [0.25, 0.3) is 0 Å². The molecule has 0 saturated heterocycles. The quantitative estimate of drug-likeness (QED) is 0.676. The normalized spacial score (nSPS) is 12.9. The van der Waals surface area contributed by atoms with Crippen molar-refractivity contribution in [3.05, 3.63) is 35.9 Å². The Hall–Kier alpha value is -1.92. The highest BCUT2D eigenvalue weighted by molar-refractivity contribution is 5.72. The number of carbonyl (C=O) groups is 2. The Labute approximate surface area is 143 Å². The summed E-state index contributed by atoms with van der Waals surface area (Å²) in [6.45, 7) is 6.98. The summed E-state index contributed by atoms with van der Waals surface area (Å²) in [5, 5.41) is 18.7. The second kappa shape index (κ2) is 9.39. The van der Waals surface area contributed by atoms with Crippen LogP contribution in [-0.4, -0.2) is 63.7 Å². The molecule has 1 rings (SSSR count). The number of carbonyl (C=O) groups excluding carboxylic acids is 1. The number of aliphatic hydroxyl groups is 1. The molecule has 0 radical (unpaired) electrons. The van der Waals surface area contributed by atoms with Crippen LogP contribution in [0, 0.1) is 0 Å². The average Bonchev–Trinajstić information content (AvgIpc) is 2.50. The van der Waals surface area contributed by atoms with Crippen molar-refractivity contribution in [3.63, 3.8) is 0 Å². The Balaban J connectivity index is 2.75. The van der Waals surface area contributed by atoms with E-state index in [1.165, 1.54) is 4.90 Å². The lowest BCUT2D eigenvalue weighted by atomic mass is 10.0. The number of amides is 1. The number of hydrogen-bond donors (Lipinski definition) is 2. The summed E-state index contributed by atoms with van der Waals surface area (Å²) in [4.78, 5) is 26.2. The van der Waals surface area contributed by atoms with E-state index in [1.807, 2.05) is 35.2 Å². The molecule has 0 fully saturated rings. The second-order valence-corrected chi connectivity index (χ2v) is 6.80. The molecule has 0 aliphatic carbocycles. The maximum Gasteiger partial charge on any atom is 0.408 e. The molecule has 1 aromatic rings. The number of hydrogen-bond acceptors (Lipinski definition) is 4. The topological polar surface area (TPSA) is 81.1 Å². The zero-order valence-corrected chi connectivity index (χ0v) is 14.7. The third kappa shape index (κ3) is 6.29. The number of aliphatic hydroxyl groups excluding tert-OH is 1. The fourth-order valence-corrected chi connectivity index (χ4v) is 2.75. The highest BCUT2D eigenvalue weighted by Gasteiger charge is 2.33. The summed E-state index contributed by atoms with van der Waals surface area (Å²) in [6, 6.07) is 9.13. The summed E-state index contributed by atoms with van der Waals surface area (Å²) in [6.07, 6.45) is -0.0183. The van der Waals surface area contributed by atoms with Gasteiger partial charge in [-0.3, -0.25) is 9.80 Å². The third-order valence-corrected chi connectivity index (χ3v) is 3.82. The molecule has 0 bridgehead atoms. The molecule has 1 amide bonds. The van der Waals surface area contributed by atoms with E-state index in [9.17, 15) is 19.8 Å². The molecular formula is C18H28N2O4. The first kappa shape index (κ1) is 20.1. The maximum atomic E-state index is 11.5. The van der Waals surface area contributed by atoms with Crippen LogP contribution in [0.5, 0.6) is 0 Å². The van der Waals surface area contributed by atoms with Gasteiger partial charge in [0, 0.05) is 25.2 Å². The summed E-state index contributed by atoms with van der Waals surface area (Å²) >= 11 is 0. The van der Waals surface area contributed by atoms with E-state index in [-0.39, 0.29) is 6.61 Å². The van der Waals surface area contributed by atoms with E-state index in [2.05, 4.69) is 0 Å². The van der Waals surface area contributed by atoms with Gasteiger partial charge in [-0.2, -0.15) is 0 Å². The van der Waals surface area contributed by atoms with Crippen LogP contribution in [0.4, 0.5) is 4.79 Å². The van der Waals surface area contributed by atoms with Gasteiger partial charge in [0.1, 0.15) is 6.29 Å². The largest absolute Gasteiger partial charge is 0.465 e. The fourth-order valence-electron chi connectivity index (χ4n) is 2.75. The van der Waals surface area contributed by atoms with Crippen LogP contribution in [0.2, 0.25) is 0 Å². The minimum absolute atomic E-state index is 0.0144. The molecule has 0 aliphatic heterocycles. The van der Waals surface area contributed by atoms with E-state index in [0.717, 1.165) is 5.56 Å². The first-order valence-electron chi connectivity index (χ1n) is 8.14. The lowest BCUT2D eigenvalue weighted by Gasteiger charge is -2.38. The van der Waals surface area contributed by atoms with Crippen LogP contribution in [0.3, 0.4) is 0 Å². The molecule has 0 saturated carbocycles. The van der Waals surface area contributed by atoms with Gasteiger partial charge in [-0.25, -0.2) is 4.79 Å². The molecule has 0 spiro atoms. The Morgan fingerprint density at radius 3 is 2.29 bits per heavy atom. The lowest BCUT2D eigenvalue weighted by molar-refractivity contribution is -0.113. The maximum absolute atomic E-state index is 11.5. The highest BCUT2D eigenvalue weighted by atomic mass is 16.4. The fraction of sp³-hybridized carbons (Fsp3) is 0.556. The Morgan fingerprint density at radius 1 is 1.21 bits per heavy atom. The third-order valence-electron chi connectivity index (χ3n) is 3.82. The zero-order valence-electron chi connectivity index (χ0n) is 14.7. The molecule has 1 atom stereocenters. The number of carboxylic acid groups (broad SMARTS) is 1. The van der Waals surface area contributed by atoms with E-state index in [4.69, 9.17) is 0 Å². The molecule has 134 valence electrons. The summed E-state index contributed by atoms with van der Waals surface area (Å²) < 4.78 is 0. The SMILES string of the molecule is CC(C)(C)N(C(=O)O)C(C=O)CCN(CCO)Cc1ccccc1. The molecule has 6 heteroatoms. The van der Waals surface area contributed by atoms with E-state index in [0.29, 0.717) is 32.3 Å². The van der Waals surface area contributed by atoms with Crippen molar-refractivity contribution in [1.82, 2.24) is 9.80 Å². The average molecular weight is 336 g/mol. The van der Waals surface area contributed by atoms with Crippen molar-refractivity contribution >= 4 is 12.4 Å². The standard InChI is InChI=1S/C18H28N2O4/c1-18(2,3)20(17(23)24)16(14-22)9-10-19(11-12-21)13-15-7-5-4-6-8-15/h4-8,14,16,21H,9-13H2,1-3H3,(H,23,24). The molecule has 1 aromatic carbocycles. The van der Waals surface area contributed by atoms with Gasteiger partial charge >= 0.3 is 6.09 Å². The van der Waals surface area contributed by atoms with Gasteiger partial charge < -0.3 is 15.0 Å². The minimum Gasteiger partial charge on any atom is -0.465 e. The summed E-state index contributed by atoms with van der Waals surface area (Å²) in [5.74, 6) is 0. The van der Waals surface area contributed by atoms with Crippen molar-refractivity contribution in [1.29, 1.82) is 0 Å². The van der Waals surface area contributed by atoms with Crippen LogP contribution >= 0.6 is 0 Å². The highest BCUT2D eigenvalue weighted by Crippen LogP contribution is 2.19. The van der Waals surface area contributed by atoms with Crippen LogP contribution in [0.15, 0.2) is 30.3 Å². The predicted octanol–water partition coefficient (Wildman–Crippen LogP) is 2.22. The Morgan fingerprint density at radius 2 is 1.83 bits per heavy atom. The molecule has 24 heavy (non-hydrogen) atoms. The van der Waals surface area contributed by atoms with Gasteiger partial charge in [0.2, 0.25) is 0 Å². The molecule has 2 N–H and O–H groups in total. The van der Waals surface area contributed by atoms with Gasteiger partial charge in [0.25, 0.3) is 0 Å². The molecule has 0 aromatic heterocycles. The minimum atomic E-state index is -1.10. The van der Waals surface area contributed by atoms with Crippen molar-refractivity contribution in [2.45, 2.75) is 45.3 Å². The van der Waals surface area contributed by atoms with E-state index in [1.54, 1.807) is 20.8 Å². The zero-order chi connectivity index (χ0) is 18.2. The van der Waals surface area contributed by atoms with Crippen molar-refractivity contribution in [3.8, 4) is 0 Å². The van der Waals surface area contributed by atoms with Crippen LogP contribution in [-0.2, 0) is 11.3 Å². The lowest BCUT2D eigenvalue weighted by Crippen LogP contribution is -2.52. The van der Waals surface area contributed by atoms with E-state index >= 15 is 0 Å². The molecule has 1 unspecified atom stereocenters. The van der Waals surface area contributed by atoms with E-state index < -0.39 is 17.7 Å². The van der Waals surface area contributed by atoms with Gasteiger partial charge in [-0.1, -0.05) is 30.3 Å². The number of benzene rings is 1. The van der Waals surface area contributed by atoms with Gasteiger partial charge in [0.15, 0.2) is 0 Å². The van der Waals surface area contributed by atoms with Crippen LogP contribution in [0.1, 0.15) is 32.8 Å². The molecule has 0 aliphatic rings. The first-order chi connectivity index (χ1) is 11.3. The summed E-state index contributed by atoms with van der Waals surface area (Å²) in [5.41, 5.74) is 0.457. The number of nitrogens with zero attached hydrogens (tertiary/aromatic N) is 2. The number of aldehydes is 1. The predicted molar refractivity (Wildman–Crippen MR) is 92.9 cm³/mol. The van der Waals surface area contributed by atoms with Crippen molar-refractivity contribution in [2.75, 3.05) is 19.7 Å². The van der Waals surface area contributed by atoms with Gasteiger partial charge in [-0.15, -0.1) is 0 Å². The van der Waals surface area contributed by atoms with Gasteiger partial charge in [0.05, 0.1) is 12.6 Å². The van der Waals surface area contributed by atoms with Crippen molar-refractivity contribution in [2.24, 2.45) is 0 Å².